The van der Waals surface area contributed by atoms with Gasteiger partial charge in [0.15, 0.2) is 0 Å². The Kier molecular flexibility index (Phi) is 5.21. The van der Waals surface area contributed by atoms with Crippen LogP contribution in [0.2, 0.25) is 0 Å². The van der Waals surface area contributed by atoms with E-state index in [1.54, 1.807) is 6.92 Å². The summed E-state index contributed by atoms with van der Waals surface area (Å²) < 4.78 is 10.7. The minimum absolute atomic E-state index is 0.263. The van der Waals surface area contributed by atoms with Crippen LogP contribution in [-0.4, -0.2) is 24.2 Å². The molecule has 1 aromatic rings. The van der Waals surface area contributed by atoms with Crippen LogP contribution in [0.1, 0.15) is 34.6 Å². The normalized spacial score (nSPS) is 12.7. The number of carbonyl (C=O) groups is 1. The van der Waals surface area contributed by atoms with Gasteiger partial charge in [0.2, 0.25) is 0 Å². The van der Waals surface area contributed by atoms with Crippen molar-refractivity contribution in [3.05, 3.63) is 24.3 Å². The predicted molar refractivity (Wildman–Crippen MR) is 76.5 cm³/mol. The summed E-state index contributed by atoms with van der Waals surface area (Å²) in [6.07, 6.45) is 0. The zero-order chi connectivity index (χ0) is 14.5. The van der Waals surface area contributed by atoms with Gasteiger partial charge in [-0.2, -0.15) is 0 Å². The fraction of sp³-hybridized carbons (Fsp3) is 0.533. The van der Waals surface area contributed by atoms with Crippen molar-refractivity contribution in [3.8, 4) is 5.75 Å². The predicted octanol–water partition coefficient (Wildman–Crippen LogP) is 3.23. The Bertz CT molecular complexity index is 406. The summed E-state index contributed by atoms with van der Waals surface area (Å²) in [6, 6.07) is 7.11. The van der Waals surface area contributed by atoms with E-state index in [0.717, 1.165) is 11.4 Å². The van der Waals surface area contributed by atoms with Crippen LogP contribution in [0.5, 0.6) is 5.75 Å². The number of rotatable bonds is 5. The first kappa shape index (κ1) is 15.3. The number of carbonyl (C=O) groups excluding carboxylic acids is 1. The van der Waals surface area contributed by atoms with Crippen LogP contribution in [0.3, 0.4) is 0 Å². The molecule has 19 heavy (non-hydrogen) atoms. The van der Waals surface area contributed by atoms with Crippen molar-refractivity contribution in [2.24, 2.45) is 0 Å². The molecular weight excluding hydrogens is 242 g/mol. The molecule has 0 amide bonds. The molecule has 0 aliphatic carbocycles. The number of hydrogen-bond acceptors (Lipinski definition) is 4. The fourth-order valence-corrected chi connectivity index (χ4v) is 1.51. The second-order valence-electron chi connectivity index (χ2n) is 5.36. The van der Waals surface area contributed by atoms with Crippen LogP contribution < -0.4 is 10.1 Å². The van der Waals surface area contributed by atoms with E-state index in [1.165, 1.54) is 0 Å². The number of benzene rings is 1. The Hall–Kier alpha value is -1.71. The average molecular weight is 265 g/mol. The maximum absolute atomic E-state index is 11.8. The second-order valence-corrected chi connectivity index (χ2v) is 5.36. The molecule has 106 valence electrons. The smallest absolute Gasteiger partial charge is 0.328 e. The molecule has 0 saturated carbocycles. The first-order valence-corrected chi connectivity index (χ1v) is 6.54. The fourth-order valence-electron chi connectivity index (χ4n) is 1.51. The average Bonchev–Trinajstić information content (AvgIpc) is 2.29. The molecule has 1 unspecified atom stereocenters. The van der Waals surface area contributed by atoms with Gasteiger partial charge in [0.1, 0.15) is 17.4 Å². The molecule has 0 saturated heterocycles. The van der Waals surface area contributed by atoms with E-state index in [-0.39, 0.29) is 5.97 Å². The molecule has 1 rings (SSSR count). The standard InChI is InChI=1S/C15H23NO3/c1-6-18-13-9-7-12(8-10-13)16-11(2)14(17)19-15(3,4)5/h7-11,16H,6H2,1-5H3. The summed E-state index contributed by atoms with van der Waals surface area (Å²) in [4.78, 5) is 11.8. The summed E-state index contributed by atoms with van der Waals surface area (Å²) in [5, 5.41) is 3.10. The number of nitrogens with one attached hydrogen (secondary N) is 1. The molecule has 4 heteroatoms. The van der Waals surface area contributed by atoms with Gasteiger partial charge in [-0.3, -0.25) is 0 Å². The van der Waals surface area contributed by atoms with Crippen molar-refractivity contribution < 1.29 is 14.3 Å². The molecule has 0 spiro atoms. The third kappa shape index (κ3) is 5.64. The van der Waals surface area contributed by atoms with Crippen LogP contribution in [0.15, 0.2) is 24.3 Å². The molecule has 1 aromatic carbocycles. The van der Waals surface area contributed by atoms with Crippen molar-refractivity contribution in [2.45, 2.75) is 46.3 Å². The molecule has 0 radical (unpaired) electrons. The lowest BCUT2D eigenvalue weighted by Crippen LogP contribution is -2.34. The van der Waals surface area contributed by atoms with Crippen molar-refractivity contribution in [2.75, 3.05) is 11.9 Å². The monoisotopic (exact) mass is 265 g/mol. The highest BCUT2D eigenvalue weighted by molar-refractivity contribution is 5.79. The Labute approximate surface area is 115 Å². The van der Waals surface area contributed by atoms with E-state index < -0.39 is 11.6 Å². The number of hydrogen-bond donors (Lipinski definition) is 1. The lowest BCUT2D eigenvalue weighted by molar-refractivity contribution is -0.155. The van der Waals surface area contributed by atoms with Crippen molar-refractivity contribution in [3.63, 3.8) is 0 Å². The highest BCUT2D eigenvalue weighted by atomic mass is 16.6. The Morgan fingerprint density at radius 1 is 1.26 bits per heavy atom. The molecule has 1 atom stereocenters. The van der Waals surface area contributed by atoms with E-state index in [4.69, 9.17) is 9.47 Å². The van der Waals surface area contributed by atoms with Gasteiger partial charge in [0.05, 0.1) is 6.61 Å². The molecule has 0 fully saturated rings. The molecular formula is C15H23NO3. The van der Waals surface area contributed by atoms with Gasteiger partial charge < -0.3 is 14.8 Å². The lowest BCUT2D eigenvalue weighted by atomic mass is 10.2. The maximum Gasteiger partial charge on any atom is 0.328 e. The first-order chi connectivity index (χ1) is 8.81. The minimum atomic E-state index is -0.466. The van der Waals surface area contributed by atoms with Crippen LogP contribution in [0.25, 0.3) is 0 Å². The van der Waals surface area contributed by atoms with E-state index in [2.05, 4.69) is 5.32 Å². The summed E-state index contributed by atoms with van der Waals surface area (Å²) in [6.45, 7) is 9.93. The number of anilines is 1. The molecule has 0 aliphatic rings. The third-order valence-electron chi connectivity index (χ3n) is 2.31. The Balaban J connectivity index is 2.56. The van der Waals surface area contributed by atoms with Crippen molar-refractivity contribution >= 4 is 11.7 Å². The van der Waals surface area contributed by atoms with Gasteiger partial charge in [0.25, 0.3) is 0 Å². The molecule has 4 nitrogen and oxygen atoms in total. The quantitative estimate of drug-likeness (QED) is 0.830. The summed E-state index contributed by atoms with van der Waals surface area (Å²) in [7, 11) is 0. The van der Waals surface area contributed by atoms with Crippen molar-refractivity contribution in [1.82, 2.24) is 0 Å². The Morgan fingerprint density at radius 2 is 1.84 bits per heavy atom. The molecule has 0 heterocycles. The third-order valence-corrected chi connectivity index (χ3v) is 2.31. The SMILES string of the molecule is CCOc1ccc(NC(C)C(=O)OC(C)(C)C)cc1. The summed E-state index contributed by atoms with van der Waals surface area (Å²) >= 11 is 0. The number of ether oxygens (including phenoxy) is 2. The topological polar surface area (TPSA) is 47.6 Å². The molecule has 1 N–H and O–H groups in total. The van der Waals surface area contributed by atoms with Crippen LogP contribution >= 0.6 is 0 Å². The lowest BCUT2D eigenvalue weighted by Gasteiger charge is -2.23. The van der Waals surface area contributed by atoms with E-state index >= 15 is 0 Å². The maximum atomic E-state index is 11.8. The van der Waals surface area contributed by atoms with Crippen LogP contribution in [-0.2, 0) is 9.53 Å². The highest BCUT2D eigenvalue weighted by Crippen LogP contribution is 2.17. The zero-order valence-corrected chi connectivity index (χ0v) is 12.3. The van der Waals surface area contributed by atoms with E-state index in [9.17, 15) is 4.79 Å². The number of esters is 1. The van der Waals surface area contributed by atoms with E-state index in [0.29, 0.717) is 6.61 Å². The molecule has 0 bridgehead atoms. The molecule has 0 aliphatic heterocycles. The zero-order valence-electron chi connectivity index (χ0n) is 12.3. The first-order valence-electron chi connectivity index (χ1n) is 6.54. The van der Waals surface area contributed by atoms with Gasteiger partial charge >= 0.3 is 5.97 Å². The van der Waals surface area contributed by atoms with Crippen LogP contribution in [0.4, 0.5) is 5.69 Å². The highest BCUT2D eigenvalue weighted by Gasteiger charge is 2.21. The van der Waals surface area contributed by atoms with Gasteiger partial charge in [-0.15, -0.1) is 0 Å². The molecule has 0 aromatic heterocycles. The Morgan fingerprint density at radius 3 is 2.32 bits per heavy atom. The summed E-state index contributed by atoms with van der Waals surface area (Å²) in [5.74, 6) is 0.555. The van der Waals surface area contributed by atoms with Gasteiger partial charge in [-0.1, -0.05) is 0 Å². The van der Waals surface area contributed by atoms with Gasteiger partial charge in [0, 0.05) is 5.69 Å². The second kappa shape index (κ2) is 6.45. The van der Waals surface area contributed by atoms with Crippen molar-refractivity contribution in [1.29, 1.82) is 0 Å². The minimum Gasteiger partial charge on any atom is -0.494 e. The van der Waals surface area contributed by atoms with Gasteiger partial charge in [-0.25, -0.2) is 4.79 Å². The van der Waals surface area contributed by atoms with E-state index in [1.807, 2.05) is 52.0 Å². The largest absolute Gasteiger partial charge is 0.494 e. The summed E-state index contributed by atoms with van der Waals surface area (Å²) in [5.41, 5.74) is 0.396. The van der Waals surface area contributed by atoms with Gasteiger partial charge in [-0.05, 0) is 58.9 Å². The van der Waals surface area contributed by atoms with Crippen LogP contribution in [0, 0.1) is 0 Å².